The molecule has 11 nitrogen and oxygen atoms in total. The van der Waals surface area contributed by atoms with Crippen molar-refractivity contribution >= 4 is 39.0 Å². The van der Waals surface area contributed by atoms with Crippen LogP contribution in [-0.2, 0) is 44.4 Å². The molecule has 2 bridgehead atoms. The molecule has 2 aliphatic carbocycles. The largest absolute Gasteiger partial charge is 0.490 e. The molecular weight excluding hydrogens is 740 g/mol. The van der Waals surface area contributed by atoms with E-state index in [-0.39, 0.29) is 34.3 Å². The van der Waals surface area contributed by atoms with E-state index in [1.807, 2.05) is 35.8 Å². The highest BCUT2D eigenvalue weighted by atomic mass is 35.5. The van der Waals surface area contributed by atoms with Gasteiger partial charge in [0.2, 0.25) is 0 Å². The van der Waals surface area contributed by atoms with Crippen LogP contribution >= 0.6 is 11.6 Å². The van der Waals surface area contributed by atoms with Crippen LogP contribution in [0.5, 0.6) is 5.75 Å². The molecule has 1 unspecified atom stereocenters. The van der Waals surface area contributed by atoms with Crippen LogP contribution in [0.15, 0.2) is 65.2 Å². The van der Waals surface area contributed by atoms with E-state index < -0.39 is 33.1 Å². The highest BCUT2D eigenvalue weighted by molar-refractivity contribution is 7.93. The van der Waals surface area contributed by atoms with Gasteiger partial charge in [-0.1, -0.05) is 36.7 Å². The summed E-state index contributed by atoms with van der Waals surface area (Å²) in [4.78, 5) is 30.5. The van der Waals surface area contributed by atoms with Gasteiger partial charge in [0.15, 0.2) is 0 Å². The Bertz CT molecular complexity index is 2190. The molecule has 1 saturated carbocycles. The molecule has 292 valence electrons. The minimum Gasteiger partial charge on any atom is -0.490 e. The first-order valence-corrected chi connectivity index (χ1v) is 21.6. The van der Waals surface area contributed by atoms with E-state index in [1.165, 1.54) is 11.1 Å². The summed E-state index contributed by atoms with van der Waals surface area (Å²) in [6, 6.07) is 13.2. The number of hydrogen-bond acceptors (Lipinski definition) is 8. The van der Waals surface area contributed by atoms with Gasteiger partial charge in [-0.05, 0) is 111 Å². The normalized spacial score (nSPS) is 33.1. The fourth-order valence-corrected chi connectivity index (χ4v) is 11.6. The van der Waals surface area contributed by atoms with Gasteiger partial charge in [-0.3, -0.25) is 14.3 Å². The maximum atomic E-state index is 15.0. The smallest absolute Gasteiger partial charge is 0.286 e. The minimum atomic E-state index is -3.67. The number of aliphatic hydroxyl groups is 1. The molecule has 3 aromatic rings. The van der Waals surface area contributed by atoms with Gasteiger partial charge in [-0.25, -0.2) is 4.21 Å². The molecule has 1 aromatic heterocycles. The first-order chi connectivity index (χ1) is 26.4. The summed E-state index contributed by atoms with van der Waals surface area (Å²) in [6.07, 6.45) is 10.2. The summed E-state index contributed by atoms with van der Waals surface area (Å²) in [6.45, 7) is 7.42. The van der Waals surface area contributed by atoms with Crippen LogP contribution < -0.4 is 14.4 Å². The number of benzene rings is 2. The number of ether oxygens (including phenoxy) is 3. The molecule has 13 heteroatoms. The molecule has 9 rings (SSSR count). The highest BCUT2D eigenvalue weighted by Crippen LogP contribution is 2.47. The molecule has 2 aromatic carbocycles. The number of halogens is 1. The van der Waals surface area contributed by atoms with Gasteiger partial charge in [0.05, 0.1) is 55.6 Å². The summed E-state index contributed by atoms with van der Waals surface area (Å²) in [5.74, 6) is -0.477. The number of nitrogens with zero attached hydrogens (tertiary/aromatic N) is 3. The number of carbonyl (C=O) groups excluding carboxylic acids is 2. The second kappa shape index (κ2) is 14.1. The zero-order valence-corrected chi connectivity index (χ0v) is 32.9. The summed E-state index contributed by atoms with van der Waals surface area (Å²) in [5.41, 5.74) is 4.00. The standard InChI is InChI=1S/C42H49ClN4O7S/c1-26-5-3-7-37(48)34-11-8-30(34)18-47-21-41(14-4-6-28-15-32(43)10-12-35(28)41)23-53-38-13-9-29(17-36(38)47)39(49)44-55(51,27(26)2)45-40(50)31-16-33-20-54-42(24-52-25-42)22-46(33)19-31/h3,7,9-10,12-13,15-17,19,26-27,30,34,37,48H,4-6,8,11,14,18,20-25H2,1-2H3,(H,44,45,49,50,51)/b7-3-/t26-,27+,30-,34+,37-,41-,55?/m0/s1. The molecule has 55 heavy (non-hydrogen) atoms. The monoisotopic (exact) mass is 788 g/mol. The number of anilines is 1. The van der Waals surface area contributed by atoms with Gasteiger partial charge in [0.1, 0.15) is 21.3 Å². The van der Waals surface area contributed by atoms with Crippen LogP contribution in [0.4, 0.5) is 5.69 Å². The predicted molar refractivity (Wildman–Crippen MR) is 210 cm³/mol. The highest BCUT2D eigenvalue weighted by Gasteiger charge is 2.45. The Labute approximate surface area is 327 Å². The lowest BCUT2D eigenvalue weighted by Gasteiger charge is -2.45. The first-order valence-electron chi connectivity index (χ1n) is 19.6. The van der Waals surface area contributed by atoms with Gasteiger partial charge in [-0.15, -0.1) is 4.36 Å². The number of aliphatic hydroxyl groups excluding tert-OH is 1. The Kier molecular flexibility index (Phi) is 9.44. The molecule has 2 amide bonds. The molecule has 0 radical (unpaired) electrons. The van der Waals surface area contributed by atoms with Crippen molar-refractivity contribution in [1.29, 1.82) is 0 Å². The van der Waals surface area contributed by atoms with E-state index in [1.54, 1.807) is 31.3 Å². The average molecular weight is 789 g/mol. The molecule has 2 spiro atoms. The van der Waals surface area contributed by atoms with Crippen molar-refractivity contribution < 1.29 is 33.1 Å². The minimum absolute atomic E-state index is 0.0894. The topological polar surface area (TPSA) is 132 Å². The maximum Gasteiger partial charge on any atom is 0.286 e. The van der Waals surface area contributed by atoms with Crippen LogP contribution in [0.2, 0.25) is 5.02 Å². The van der Waals surface area contributed by atoms with E-state index in [0.717, 1.165) is 48.5 Å². The lowest BCUT2D eigenvalue weighted by atomic mass is 9.68. The lowest BCUT2D eigenvalue weighted by molar-refractivity contribution is -0.232. The van der Waals surface area contributed by atoms with Crippen molar-refractivity contribution in [2.45, 2.75) is 87.9 Å². The van der Waals surface area contributed by atoms with E-state index in [4.69, 9.17) is 25.8 Å². The van der Waals surface area contributed by atoms with Crippen molar-refractivity contribution in [2.24, 2.45) is 22.1 Å². The Hall–Kier alpha value is -3.68. The number of carbonyl (C=O) groups is 2. The summed E-state index contributed by atoms with van der Waals surface area (Å²) < 4.78 is 42.2. The van der Waals surface area contributed by atoms with Crippen molar-refractivity contribution in [3.8, 4) is 5.75 Å². The first kappa shape index (κ1) is 36.9. The second-order valence-electron chi connectivity index (χ2n) is 16.8. The van der Waals surface area contributed by atoms with Crippen molar-refractivity contribution in [3.05, 3.63) is 93.8 Å². The van der Waals surface area contributed by atoms with Crippen LogP contribution in [0, 0.1) is 17.8 Å². The number of rotatable bonds is 2. The third-order valence-electron chi connectivity index (χ3n) is 13.2. The quantitative estimate of drug-likeness (QED) is 0.292. The number of amides is 2. The van der Waals surface area contributed by atoms with Gasteiger partial charge < -0.3 is 28.8 Å². The summed E-state index contributed by atoms with van der Waals surface area (Å²) in [5, 5.41) is 11.5. The molecule has 5 heterocycles. The van der Waals surface area contributed by atoms with Gasteiger partial charge in [0, 0.05) is 41.0 Å². The number of aryl methyl sites for hydroxylation is 1. The van der Waals surface area contributed by atoms with Crippen molar-refractivity contribution in [1.82, 2.24) is 9.29 Å². The third-order valence-corrected chi connectivity index (χ3v) is 15.8. The maximum absolute atomic E-state index is 15.0. The SMILES string of the molecule is C[C@@H]1[C@@H](C)C/C=C\[C@H](O)[C@@H]2CC[C@H]2CN2C[C@@]3(CCCc4cc(Cl)ccc43)COc3ccc(cc32)C(=O)N=S1(=O)NC(=O)c1cc2n(c1)CC1(COC1)OC2. The Morgan fingerprint density at radius 2 is 1.95 bits per heavy atom. The Morgan fingerprint density at radius 1 is 1.09 bits per heavy atom. The van der Waals surface area contributed by atoms with E-state index >= 15 is 4.21 Å². The molecule has 2 N–H and O–H groups in total. The summed E-state index contributed by atoms with van der Waals surface area (Å²) >= 11 is 6.46. The van der Waals surface area contributed by atoms with Crippen LogP contribution in [0.3, 0.4) is 0 Å². The Morgan fingerprint density at radius 3 is 2.73 bits per heavy atom. The second-order valence-corrected chi connectivity index (χ2v) is 19.5. The number of aromatic nitrogens is 1. The van der Waals surface area contributed by atoms with E-state index in [0.29, 0.717) is 63.8 Å². The number of hydrogen-bond donors (Lipinski definition) is 2. The van der Waals surface area contributed by atoms with Crippen LogP contribution in [-0.4, -0.2) is 75.6 Å². The third kappa shape index (κ3) is 6.71. The van der Waals surface area contributed by atoms with Gasteiger partial charge in [-0.2, -0.15) is 0 Å². The Balaban J connectivity index is 1.09. The van der Waals surface area contributed by atoms with Crippen LogP contribution in [0.1, 0.15) is 83.5 Å². The molecule has 2 fully saturated rings. The predicted octanol–water partition coefficient (Wildman–Crippen LogP) is 6.24. The fraction of sp³-hybridized carbons (Fsp3) is 0.524. The molecule has 4 aliphatic heterocycles. The van der Waals surface area contributed by atoms with Crippen LogP contribution in [0.25, 0.3) is 0 Å². The van der Waals surface area contributed by atoms with Crippen molar-refractivity contribution in [2.75, 3.05) is 37.8 Å². The zero-order valence-electron chi connectivity index (χ0n) is 31.4. The van der Waals surface area contributed by atoms with E-state index in [9.17, 15) is 14.7 Å². The molecular formula is C42H49ClN4O7S. The summed E-state index contributed by atoms with van der Waals surface area (Å²) in [7, 11) is -3.67. The zero-order chi connectivity index (χ0) is 38.1. The van der Waals surface area contributed by atoms with E-state index in [2.05, 4.69) is 26.1 Å². The number of nitrogens with one attached hydrogen (secondary N) is 1. The number of allylic oxidation sites excluding steroid dienone is 1. The molecule has 6 aliphatic rings. The fourth-order valence-electron chi connectivity index (χ4n) is 9.48. The van der Waals surface area contributed by atoms with Gasteiger partial charge in [0.25, 0.3) is 11.8 Å². The lowest BCUT2D eigenvalue weighted by Crippen LogP contribution is -2.56. The van der Waals surface area contributed by atoms with Gasteiger partial charge >= 0.3 is 0 Å². The average Bonchev–Trinajstić information content (AvgIpc) is 3.51. The van der Waals surface area contributed by atoms with Crippen molar-refractivity contribution in [3.63, 3.8) is 0 Å². The molecule has 7 atom stereocenters. The number of fused-ring (bicyclic) bond motifs is 5. The molecule has 1 saturated heterocycles.